The van der Waals surface area contributed by atoms with Gasteiger partial charge in [0.2, 0.25) is 0 Å². The zero-order valence-electron chi connectivity index (χ0n) is 13.5. The van der Waals surface area contributed by atoms with Gasteiger partial charge in [0.15, 0.2) is 0 Å². The highest BCUT2D eigenvalue weighted by Gasteiger charge is 2.22. The van der Waals surface area contributed by atoms with E-state index in [9.17, 15) is 4.79 Å². The first-order chi connectivity index (χ1) is 11.7. The van der Waals surface area contributed by atoms with Crippen molar-refractivity contribution in [2.75, 3.05) is 42.7 Å². The van der Waals surface area contributed by atoms with Gasteiger partial charge in [-0.15, -0.1) is 11.8 Å². The number of hydrogen-bond donors (Lipinski definition) is 1. The molecule has 0 bridgehead atoms. The van der Waals surface area contributed by atoms with Crippen LogP contribution in [0.4, 0.5) is 16.2 Å². The van der Waals surface area contributed by atoms with Crippen molar-refractivity contribution in [3.8, 4) is 0 Å². The normalized spacial score (nSPS) is 14.6. The number of piperazine rings is 1. The van der Waals surface area contributed by atoms with Gasteiger partial charge in [0.1, 0.15) is 0 Å². The van der Waals surface area contributed by atoms with Gasteiger partial charge in [-0.2, -0.15) is 0 Å². The summed E-state index contributed by atoms with van der Waals surface area (Å²) in [6, 6.07) is 15.7. The Hall–Kier alpha value is -1.85. The fraction of sp³-hybridized carbons (Fsp3) is 0.278. The number of rotatable bonds is 3. The summed E-state index contributed by atoms with van der Waals surface area (Å²) in [5.41, 5.74) is 1.86. The van der Waals surface area contributed by atoms with Crippen LogP contribution in [0, 0.1) is 0 Å². The van der Waals surface area contributed by atoms with Crippen LogP contribution < -0.4 is 10.2 Å². The Balaban J connectivity index is 1.56. The maximum atomic E-state index is 12.4. The number of benzene rings is 2. The van der Waals surface area contributed by atoms with Crippen molar-refractivity contribution >= 4 is 40.8 Å². The number of nitrogens with zero attached hydrogens (tertiary/aromatic N) is 2. The van der Waals surface area contributed by atoms with Crippen LogP contribution in [-0.4, -0.2) is 43.4 Å². The summed E-state index contributed by atoms with van der Waals surface area (Å²) in [7, 11) is 0. The van der Waals surface area contributed by atoms with E-state index in [1.165, 1.54) is 4.90 Å². The number of urea groups is 1. The summed E-state index contributed by atoms with van der Waals surface area (Å²) < 4.78 is 0. The Kier molecular flexibility index (Phi) is 5.53. The molecule has 2 aromatic carbocycles. The second-order valence-corrected chi connectivity index (χ2v) is 6.87. The number of nitrogens with one attached hydrogen (secondary N) is 1. The number of para-hydroxylation sites is 1. The van der Waals surface area contributed by atoms with E-state index in [1.54, 1.807) is 11.8 Å². The molecule has 1 saturated heterocycles. The minimum atomic E-state index is -0.0503. The van der Waals surface area contributed by atoms with E-state index >= 15 is 0 Å². The molecule has 1 N–H and O–H groups in total. The molecule has 24 heavy (non-hydrogen) atoms. The van der Waals surface area contributed by atoms with Crippen LogP contribution in [0.1, 0.15) is 0 Å². The van der Waals surface area contributed by atoms with Crippen molar-refractivity contribution in [3.63, 3.8) is 0 Å². The first kappa shape index (κ1) is 17.0. The predicted octanol–water partition coefficient (Wildman–Crippen LogP) is 4.42. The Labute approximate surface area is 151 Å². The van der Waals surface area contributed by atoms with Crippen molar-refractivity contribution in [1.29, 1.82) is 0 Å². The van der Waals surface area contributed by atoms with Crippen molar-refractivity contribution in [2.24, 2.45) is 0 Å². The summed E-state index contributed by atoms with van der Waals surface area (Å²) in [6.07, 6.45) is 2.03. The number of halogens is 1. The molecule has 0 aliphatic carbocycles. The Morgan fingerprint density at radius 1 is 1.04 bits per heavy atom. The number of carbonyl (C=O) groups excluding carboxylic acids is 1. The molecule has 0 radical (unpaired) electrons. The van der Waals surface area contributed by atoms with E-state index in [0.717, 1.165) is 29.5 Å². The molecule has 0 spiro atoms. The van der Waals surface area contributed by atoms with E-state index in [2.05, 4.69) is 10.2 Å². The van der Waals surface area contributed by atoms with Gasteiger partial charge in [0, 0.05) is 36.8 Å². The minimum Gasteiger partial charge on any atom is -0.367 e. The maximum Gasteiger partial charge on any atom is 0.321 e. The smallest absolute Gasteiger partial charge is 0.321 e. The van der Waals surface area contributed by atoms with Gasteiger partial charge in [0.05, 0.1) is 10.7 Å². The van der Waals surface area contributed by atoms with E-state index < -0.39 is 0 Å². The van der Waals surface area contributed by atoms with Crippen LogP contribution in [-0.2, 0) is 0 Å². The molecule has 6 heteroatoms. The highest BCUT2D eigenvalue weighted by atomic mass is 35.5. The molecule has 2 aromatic rings. The Bertz CT molecular complexity index is 700. The molecule has 126 valence electrons. The molecule has 0 unspecified atom stereocenters. The maximum absolute atomic E-state index is 12.4. The molecule has 0 saturated carbocycles. The Morgan fingerprint density at radius 3 is 2.33 bits per heavy atom. The minimum absolute atomic E-state index is 0.0503. The number of thioether (sulfide) groups is 1. The lowest BCUT2D eigenvalue weighted by atomic mass is 10.2. The quantitative estimate of drug-likeness (QED) is 0.822. The molecule has 1 aliphatic rings. The van der Waals surface area contributed by atoms with Crippen LogP contribution in [0.15, 0.2) is 53.4 Å². The largest absolute Gasteiger partial charge is 0.367 e. The molecular weight excluding hydrogens is 342 g/mol. The monoisotopic (exact) mass is 361 g/mol. The number of hydrogen-bond acceptors (Lipinski definition) is 3. The molecule has 1 fully saturated rings. The number of amides is 2. The summed E-state index contributed by atoms with van der Waals surface area (Å²) in [5, 5.41) is 3.72. The van der Waals surface area contributed by atoms with E-state index in [-0.39, 0.29) is 6.03 Å². The van der Waals surface area contributed by atoms with Gasteiger partial charge < -0.3 is 15.1 Å². The Morgan fingerprint density at radius 2 is 1.71 bits per heavy atom. The summed E-state index contributed by atoms with van der Waals surface area (Å²) >= 11 is 7.94. The van der Waals surface area contributed by atoms with Crippen LogP contribution in [0.2, 0.25) is 5.02 Å². The van der Waals surface area contributed by atoms with Gasteiger partial charge in [0.25, 0.3) is 0 Å². The highest BCUT2D eigenvalue weighted by molar-refractivity contribution is 7.98. The van der Waals surface area contributed by atoms with E-state index in [0.29, 0.717) is 13.1 Å². The fourth-order valence-electron chi connectivity index (χ4n) is 2.74. The van der Waals surface area contributed by atoms with Crippen molar-refractivity contribution in [3.05, 3.63) is 53.6 Å². The lowest BCUT2D eigenvalue weighted by Crippen LogP contribution is -2.50. The topological polar surface area (TPSA) is 35.6 Å². The molecule has 0 aromatic heterocycles. The van der Waals surface area contributed by atoms with Gasteiger partial charge in [-0.05, 0) is 42.7 Å². The standard InChI is InChI=1S/C18H20ClN3OS/c1-24-15-8-6-14(7-9-15)20-18(23)22-12-10-21(11-13-22)17-5-3-2-4-16(17)19/h2-9H,10-13H2,1H3,(H,20,23). The average molecular weight is 362 g/mol. The van der Waals surface area contributed by atoms with Gasteiger partial charge in [-0.25, -0.2) is 4.79 Å². The van der Waals surface area contributed by atoms with Crippen LogP contribution in [0.25, 0.3) is 0 Å². The van der Waals surface area contributed by atoms with Crippen LogP contribution in [0.3, 0.4) is 0 Å². The highest BCUT2D eigenvalue weighted by Crippen LogP contribution is 2.26. The van der Waals surface area contributed by atoms with Gasteiger partial charge in [-0.3, -0.25) is 0 Å². The lowest BCUT2D eigenvalue weighted by molar-refractivity contribution is 0.208. The van der Waals surface area contributed by atoms with E-state index in [1.807, 2.05) is 59.7 Å². The van der Waals surface area contributed by atoms with Gasteiger partial charge in [-0.1, -0.05) is 23.7 Å². The third-order valence-corrected chi connectivity index (χ3v) is 5.16. The lowest BCUT2D eigenvalue weighted by Gasteiger charge is -2.36. The molecule has 2 amide bonds. The first-order valence-electron chi connectivity index (χ1n) is 7.87. The van der Waals surface area contributed by atoms with Crippen LogP contribution >= 0.6 is 23.4 Å². The second kappa shape index (κ2) is 7.81. The molecule has 4 nitrogen and oxygen atoms in total. The zero-order chi connectivity index (χ0) is 16.9. The second-order valence-electron chi connectivity index (χ2n) is 5.58. The summed E-state index contributed by atoms with van der Waals surface area (Å²) in [6.45, 7) is 2.92. The molecule has 1 heterocycles. The van der Waals surface area contributed by atoms with Crippen molar-refractivity contribution in [1.82, 2.24) is 4.90 Å². The third-order valence-electron chi connectivity index (χ3n) is 4.10. The van der Waals surface area contributed by atoms with Gasteiger partial charge >= 0.3 is 6.03 Å². The first-order valence-corrected chi connectivity index (χ1v) is 9.47. The number of carbonyl (C=O) groups is 1. The third kappa shape index (κ3) is 3.97. The predicted molar refractivity (Wildman–Crippen MR) is 102 cm³/mol. The summed E-state index contributed by atoms with van der Waals surface area (Å²) in [5.74, 6) is 0. The summed E-state index contributed by atoms with van der Waals surface area (Å²) in [4.78, 5) is 17.6. The van der Waals surface area contributed by atoms with E-state index in [4.69, 9.17) is 11.6 Å². The molecule has 3 rings (SSSR count). The van der Waals surface area contributed by atoms with Crippen molar-refractivity contribution < 1.29 is 4.79 Å². The molecule has 1 aliphatic heterocycles. The zero-order valence-corrected chi connectivity index (χ0v) is 15.1. The SMILES string of the molecule is CSc1ccc(NC(=O)N2CCN(c3ccccc3Cl)CC2)cc1. The fourth-order valence-corrected chi connectivity index (χ4v) is 3.40. The molecular formula is C18H20ClN3OS. The number of anilines is 2. The van der Waals surface area contributed by atoms with Crippen molar-refractivity contribution in [2.45, 2.75) is 4.90 Å². The molecule has 0 atom stereocenters. The average Bonchev–Trinajstić information content (AvgIpc) is 2.63. The van der Waals surface area contributed by atoms with Crippen LogP contribution in [0.5, 0.6) is 0 Å².